The highest BCUT2D eigenvalue weighted by atomic mass is 32.2. The first-order chi connectivity index (χ1) is 10.2. The molecule has 8 heteroatoms. The Bertz CT molecular complexity index is 729. The molecule has 0 aliphatic carbocycles. The van der Waals surface area contributed by atoms with Crippen LogP contribution in [0.3, 0.4) is 0 Å². The highest BCUT2D eigenvalue weighted by molar-refractivity contribution is 7.91. The van der Waals surface area contributed by atoms with E-state index >= 15 is 0 Å². The number of aromatic nitrogens is 2. The van der Waals surface area contributed by atoms with Gasteiger partial charge in [-0.3, -0.25) is 4.68 Å². The monoisotopic (exact) mass is 339 g/mol. The highest BCUT2D eigenvalue weighted by Gasteiger charge is 2.20. The Kier molecular flexibility index (Phi) is 4.20. The first-order valence-electron chi connectivity index (χ1n) is 6.22. The van der Waals surface area contributed by atoms with Gasteiger partial charge >= 0.3 is 0 Å². The van der Waals surface area contributed by atoms with Gasteiger partial charge in [0.2, 0.25) is 10.0 Å². The third-order valence-electron chi connectivity index (χ3n) is 2.94. The third kappa shape index (κ3) is 3.24. The molecule has 1 N–H and O–H groups in total. The lowest BCUT2D eigenvalue weighted by atomic mass is 10.2. The second-order valence-electron chi connectivity index (χ2n) is 4.30. The van der Waals surface area contributed by atoms with Gasteiger partial charge in [0.05, 0.1) is 6.04 Å². The molecular formula is C13H13N3O2S3. The Hall–Kier alpha value is -1.48. The Morgan fingerprint density at radius 2 is 2.00 bits per heavy atom. The number of rotatable bonds is 6. The maximum atomic E-state index is 12.2. The number of hydrogen-bond acceptors (Lipinski definition) is 5. The van der Waals surface area contributed by atoms with Crippen LogP contribution >= 0.6 is 22.7 Å². The van der Waals surface area contributed by atoms with Crippen LogP contribution in [-0.4, -0.2) is 24.7 Å². The van der Waals surface area contributed by atoms with Crippen molar-refractivity contribution in [2.75, 3.05) is 6.54 Å². The molecule has 0 fully saturated rings. The molecule has 3 aromatic rings. The van der Waals surface area contributed by atoms with Crippen LogP contribution in [0.5, 0.6) is 0 Å². The molecule has 0 aliphatic heterocycles. The lowest BCUT2D eigenvalue weighted by Crippen LogP contribution is -2.30. The van der Waals surface area contributed by atoms with Crippen LogP contribution in [0.15, 0.2) is 57.7 Å². The van der Waals surface area contributed by atoms with Crippen molar-refractivity contribution in [3.8, 4) is 0 Å². The van der Waals surface area contributed by atoms with E-state index in [0.29, 0.717) is 4.21 Å². The van der Waals surface area contributed by atoms with Crippen molar-refractivity contribution in [3.05, 3.63) is 58.4 Å². The maximum Gasteiger partial charge on any atom is 0.250 e. The van der Waals surface area contributed by atoms with Crippen LogP contribution in [0.25, 0.3) is 0 Å². The Labute approximate surface area is 130 Å². The van der Waals surface area contributed by atoms with E-state index in [2.05, 4.69) is 9.82 Å². The minimum absolute atomic E-state index is 0.144. The van der Waals surface area contributed by atoms with Crippen molar-refractivity contribution >= 4 is 32.7 Å². The number of hydrogen-bond donors (Lipinski definition) is 1. The molecule has 1 atom stereocenters. The standard InChI is InChI=1S/C13H13N3O2S3/c17-21(18,13-5-2-9-20-13)15-10-11(12-4-1-8-19-12)16-7-3-6-14-16/h1-9,11,15H,10H2. The van der Waals surface area contributed by atoms with Crippen LogP contribution in [0.2, 0.25) is 0 Å². The molecule has 5 nitrogen and oxygen atoms in total. The van der Waals surface area contributed by atoms with E-state index in [-0.39, 0.29) is 12.6 Å². The number of sulfonamides is 1. The van der Waals surface area contributed by atoms with Crippen LogP contribution in [0.1, 0.15) is 10.9 Å². The summed E-state index contributed by atoms with van der Waals surface area (Å²) in [5.74, 6) is 0. The summed E-state index contributed by atoms with van der Waals surface area (Å²) >= 11 is 2.79. The first-order valence-corrected chi connectivity index (χ1v) is 9.47. The molecule has 0 saturated heterocycles. The van der Waals surface area contributed by atoms with Crippen molar-refractivity contribution in [1.29, 1.82) is 0 Å². The minimum atomic E-state index is -3.46. The van der Waals surface area contributed by atoms with Gasteiger partial charge in [0, 0.05) is 23.8 Å². The van der Waals surface area contributed by atoms with Crippen LogP contribution in [0, 0.1) is 0 Å². The van der Waals surface area contributed by atoms with Gasteiger partial charge in [0.15, 0.2) is 0 Å². The normalized spacial score (nSPS) is 13.3. The van der Waals surface area contributed by atoms with E-state index in [0.717, 1.165) is 4.88 Å². The fourth-order valence-corrected chi connectivity index (χ4v) is 4.84. The third-order valence-corrected chi connectivity index (χ3v) is 6.74. The largest absolute Gasteiger partial charge is 0.263 e. The average molecular weight is 339 g/mol. The van der Waals surface area contributed by atoms with Crippen LogP contribution in [0.4, 0.5) is 0 Å². The van der Waals surface area contributed by atoms with E-state index in [1.54, 1.807) is 39.7 Å². The fraction of sp³-hybridized carbons (Fsp3) is 0.154. The van der Waals surface area contributed by atoms with Gasteiger partial charge in [0.25, 0.3) is 0 Å². The van der Waals surface area contributed by atoms with Gasteiger partial charge in [-0.05, 0) is 29.0 Å². The summed E-state index contributed by atoms with van der Waals surface area (Å²) in [7, 11) is -3.46. The predicted molar refractivity (Wildman–Crippen MR) is 84.2 cm³/mol. The second kappa shape index (κ2) is 6.10. The van der Waals surface area contributed by atoms with Crippen molar-refractivity contribution in [3.63, 3.8) is 0 Å². The SMILES string of the molecule is O=S(=O)(NCC(c1cccs1)n1cccn1)c1cccs1. The number of thiophene rings is 2. The van der Waals surface area contributed by atoms with Gasteiger partial charge in [-0.1, -0.05) is 12.1 Å². The first kappa shape index (κ1) is 14.5. The molecule has 21 heavy (non-hydrogen) atoms. The highest BCUT2D eigenvalue weighted by Crippen LogP contribution is 2.23. The summed E-state index contributed by atoms with van der Waals surface area (Å²) in [4.78, 5) is 1.06. The molecule has 0 bridgehead atoms. The summed E-state index contributed by atoms with van der Waals surface area (Å²) < 4.78 is 29.2. The van der Waals surface area contributed by atoms with Crippen LogP contribution in [-0.2, 0) is 10.0 Å². The Balaban J connectivity index is 1.80. The van der Waals surface area contributed by atoms with E-state index in [9.17, 15) is 8.42 Å². The van der Waals surface area contributed by atoms with Gasteiger partial charge in [-0.2, -0.15) is 5.10 Å². The maximum absolute atomic E-state index is 12.2. The Morgan fingerprint density at radius 3 is 2.62 bits per heavy atom. The van der Waals surface area contributed by atoms with Crippen molar-refractivity contribution in [2.45, 2.75) is 10.3 Å². The summed E-state index contributed by atoms with van der Waals surface area (Å²) in [5, 5.41) is 7.95. The Morgan fingerprint density at radius 1 is 1.19 bits per heavy atom. The molecule has 110 valence electrons. The predicted octanol–water partition coefficient (Wildman–Crippen LogP) is 2.57. The number of nitrogens with zero attached hydrogens (tertiary/aromatic N) is 2. The number of nitrogens with one attached hydrogen (secondary N) is 1. The van der Waals surface area contributed by atoms with Crippen molar-refractivity contribution in [2.24, 2.45) is 0 Å². The van der Waals surface area contributed by atoms with E-state index in [1.165, 1.54) is 11.3 Å². The zero-order valence-corrected chi connectivity index (χ0v) is 13.4. The average Bonchev–Trinajstić information content (AvgIpc) is 3.23. The molecule has 1 unspecified atom stereocenters. The lowest BCUT2D eigenvalue weighted by Gasteiger charge is -2.16. The van der Waals surface area contributed by atoms with Gasteiger partial charge in [0.1, 0.15) is 4.21 Å². The lowest BCUT2D eigenvalue weighted by molar-refractivity contribution is 0.512. The molecule has 0 radical (unpaired) electrons. The zero-order valence-electron chi connectivity index (χ0n) is 10.9. The van der Waals surface area contributed by atoms with Gasteiger partial charge < -0.3 is 0 Å². The molecule has 0 saturated carbocycles. The molecule has 0 aromatic carbocycles. The minimum Gasteiger partial charge on any atom is -0.263 e. The van der Waals surface area contributed by atoms with Gasteiger partial charge in [-0.25, -0.2) is 13.1 Å². The summed E-state index contributed by atoms with van der Waals surface area (Å²) in [6.45, 7) is 0.266. The summed E-state index contributed by atoms with van der Waals surface area (Å²) in [6, 6.07) is 8.94. The molecule has 3 heterocycles. The summed E-state index contributed by atoms with van der Waals surface area (Å²) in [6.07, 6.45) is 3.53. The van der Waals surface area contributed by atoms with Crippen molar-refractivity contribution < 1.29 is 8.42 Å². The van der Waals surface area contributed by atoms with Crippen molar-refractivity contribution in [1.82, 2.24) is 14.5 Å². The second-order valence-corrected chi connectivity index (χ2v) is 8.22. The van der Waals surface area contributed by atoms with E-state index < -0.39 is 10.0 Å². The molecule has 0 amide bonds. The van der Waals surface area contributed by atoms with Gasteiger partial charge in [-0.15, -0.1) is 22.7 Å². The smallest absolute Gasteiger partial charge is 0.250 e. The molecule has 0 aliphatic rings. The molecular weight excluding hydrogens is 326 g/mol. The summed E-state index contributed by atoms with van der Waals surface area (Å²) in [5.41, 5.74) is 0. The van der Waals surface area contributed by atoms with E-state index in [4.69, 9.17) is 0 Å². The molecule has 3 rings (SSSR count). The fourth-order valence-electron chi connectivity index (χ4n) is 1.95. The zero-order chi connectivity index (χ0) is 14.7. The molecule has 3 aromatic heterocycles. The van der Waals surface area contributed by atoms with E-state index in [1.807, 2.05) is 29.8 Å². The van der Waals surface area contributed by atoms with Crippen LogP contribution < -0.4 is 4.72 Å². The molecule has 0 spiro atoms. The topological polar surface area (TPSA) is 64.0 Å². The quantitative estimate of drug-likeness (QED) is 0.751.